The third-order valence-corrected chi connectivity index (χ3v) is 5.05. The lowest BCUT2D eigenvalue weighted by atomic mass is 10.1. The van der Waals surface area contributed by atoms with Crippen molar-refractivity contribution in [2.24, 2.45) is 5.92 Å². The molecule has 1 N–H and O–H groups in total. The maximum Gasteiger partial charge on any atom is 0.336 e. The predicted octanol–water partition coefficient (Wildman–Crippen LogP) is 3.45. The van der Waals surface area contributed by atoms with Crippen LogP contribution in [-0.2, 0) is 9.59 Å². The lowest BCUT2D eigenvalue weighted by Gasteiger charge is -2.20. The highest BCUT2D eigenvalue weighted by Crippen LogP contribution is 2.35. The molecule has 0 unspecified atom stereocenters. The zero-order chi connectivity index (χ0) is 20.5. The molecular formula is C21H17ClN2O5. The molecule has 0 saturated carbocycles. The number of methoxy groups -OCH3 is 1. The molecular weight excluding hydrogens is 396 g/mol. The van der Waals surface area contributed by atoms with Crippen molar-refractivity contribution in [1.29, 1.82) is 0 Å². The second-order valence-corrected chi connectivity index (χ2v) is 7.15. The Morgan fingerprint density at radius 2 is 2.00 bits per heavy atom. The highest BCUT2D eigenvalue weighted by molar-refractivity contribution is 6.31. The van der Waals surface area contributed by atoms with Crippen molar-refractivity contribution in [3.05, 3.63) is 64.0 Å². The molecule has 2 heterocycles. The summed E-state index contributed by atoms with van der Waals surface area (Å²) < 4.78 is 10.4. The van der Waals surface area contributed by atoms with E-state index in [1.54, 1.807) is 42.5 Å². The first kappa shape index (κ1) is 19.0. The van der Waals surface area contributed by atoms with Crippen molar-refractivity contribution in [3.63, 3.8) is 0 Å². The van der Waals surface area contributed by atoms with Crippen molar-refractivity contribution in [2.75, 3.05) is 23.9 Å². The molecule has 0 aliphatic carbocycles. The van der Waals surface area contributed by atoms with E-state index in [0.717, 1.165) is 0 Å². The van der Waals surface area contributed by atoms with Crippen LogP contribution in [0.1, 0.15) is 6.42 Å². The van der Waals surface area contributed by atoms with Gasteiger partial charge in [0.1, 0.15) is 11.3 Å². The molecule has 1 atom stereocenters. The summed E-state index contributed by atoms with van der Waals surface area (Å²) >= 11 is 6.06. The molecule has 8 heteroatoms. The largest absolute Gasteiger partial charge is 0.495 e. The molecule has 0 spiro atoms. The average molecular weight is 413 g/mol. The number of ether oxygens (including phenoxy) is 1. The number of nitrogens with zero attached hydrogens (tertiary/aromatic N) is 1. The summed E-state index contributed by atoms with van der Waals surface area (Å²) in [7, 11) is 1.51. The number of halogens is 1. The molecule has 3 aromatic rings. The zero-order valence-corrected chi connectivity index (χ0v) is 16.2. The summed E-state index contributed by atoms with van der Waals surface area (Å²) in [6.45, 7) is 0.226. The van der Waals surface area contributed by atoms with E-state index in [0.29, 0.717) is 33.1 Å². The Bertz CT molecular complexity index is 1170. The third kappa shape index (κ3) is 3.82. The van der Waals surface area contributed by atoms with Gasteiger partial charge in [0.2, 0.25) is 11.8 Å². The minimum atomic E-state index is -0.518. The lowest BCUT2D eigenvalue weighted by Crippen LogP contribution is -2.28. The maximum absolute atomic E-state index is 12.7. The van der Waals surface area contributed by atoms with Gasteiger partial charge in [-0.15, -0.1) is 0 Å². The minimum Gasteiger partial charge on any atom is -0.495 e. The van der Waals surface area contributed by atoms with Crippen LogP contribution in [0.2, 0.25) is 5.02 Å². The quantitative estimate of drug-likeness (QED) is 0.663. The van der Waals surface area contributed by atoms with E-state index in [4.69, 9.17) is 20.8 Å². The van der Waals surface area contributed by atoms with E-state index >= 15 is 0 Å². The first-order valence-corrected chi connectivity index (χ1v) is 9.31. The molecule has 1 aliphatic rings. The standard InChI is InChI=1S/C21H17ClN2O5/c1-28-18-5-3-14(22)10-16(18)24-11-13(9-19(24)25)21(27)23-15-4-6-17-12(8-15)2-7-20(26)29-17/h2-8,10,13H,9,11H2,1H3,(H,23,27)/t13-/m0/s1. The number of rotatable bonds is 4. The molecule has 1 aromatic heterocycles. The minimum absolute atomic E-state index is 0.0873. The van der Waals surface area contributed by atoms with Crippen molar-refractivity contribution in [1.82, 2.24) is 0 Å². The van der Waals surface area contributed by atoms with Gasteiger partial charge in [-0.2, -0.15) is 0 Å². The summed E-state index contributed by atoms with van der Waals surface area (Å²) in [5.41, 5.74) is 1.10. The highest BCUT2D eigenvalue weighted by atomic mass is 35.5. The van der Waals surface area contributed by atoms with Gasteiger partial charge in [0.25, 0.3) is 0 Å². The Kier molecular flexibility index (Phi) is 4.98. The Morgan fingerprint density at radius 3 is 2.79 bits per heavy atom. The maximum atomic E-state index is 12.7. The van der Waals surface area contributed by atoms with Gasteiger partial charge in [0.05, 0.1) is 18.7 Å². The number of amides is 2. The second-order valence-electron chi connectivity index (χ2n) is 6.72. The van der Waals surface area contributed by atoms with Crippen LogP contribution in [0.5, 0.6) is 5.75 Å². The number of fused-ring (bicyclic) bond motifs is 1. The molecule has 0 bridgehead atoms. The van der Waals surface area contributed by atoms with Gasteiger partial charge in [0, 0.05) is 35.1 Å². The summed E-state index contributed by atoms with van der Waals surface area (Å²) in [5.74, 6) is -0.444. The molecule has 1 aliphatic heterocycles. The predicted molar refractivity (Wildman–Crippen MR) is 110 cm³/mol. The van der Waals surface area contributed by atoms with E-state index in [1.807, 2.05) is 0 Å². The van der Waals surface area contributed by atoms with E-state index in [2.05, 4.69) is 5.32 Å². The molecule has 29 heavy (non-hydrogen) atoms. The number of carbonyl (C=O) groups excluding carboxylic acids is 2. The average Bonchev–Trinajstić information content (AvgIpc) is 3.09. The van der Waals surface area contributed by atoms with Crippen molar-refractivity contribution >= 4 is 45.8 Å². The monoisotopic (exact) mass is 412 g/mol. The zero-order valence-electron chi connectivity index (χ0n) is 15.5. The SMILES string of the molecule is COc1ccc(Cl)cc1N1C[C@@H](C(=O)Nc2ccc3oc(=O)ccc3c2)CC1=O. The van der Waals surface area contributed by atoms with E-state index in [9.17, 15) is 14.4 Å². The van der Waals surface area contributed by atoms with Crippen LogP contribution < -0.4 is 20.6 Å². The molecule has 0 radical (unpaired) electrons. The van der Waals surface area contributed by atoms with Crippen LogP contribution >= 0.6 is 11.6 Å². The normalized spacial score (nSPS) is 16.3. The van der Waals surface area contributed by atoms with E-state index < -0.39 is 11.5 Å². The first-order chi connectivity index (χ1) is 13.9. The van der Waals surface area contributed by atoms with Gasteiger partial charge in [-0.1, -0.05) is 11.6 Å². The number of anilines is 2. The molecule has 7 nitrogen and oxygen atoms in total. The summed E-state index contributed by atoms with van der Waals surface area (Å²) in [5, 5.41) is 3.99. The molecule has 2 aromatic carbocycles. The fraction of sp³-hybridized carbons (Fsp3) is 0.190. The fourth-order valence-electron chi connectivity index (χ4n) is 3.38. The first-order valence-electron chi connectivity index (χ1n) is 8.93. The van der Waals surface area contributed by atoms with Crippen molar-refractivity contribution in [2.45, 2.75) is 6.42 Å². The van der Waals surface area contributed by atoms with Gasteiger partial charge in [-0.3, -0.25) is 9.59 Å². The van der Waals surface area contributed by atoms with Gasteiger partial charge in [-0.25, -0.2) is 4.79 Å². The third-order valence-electron chi connectivity index (χ3n) is 4.81. The van der Waals surface area contributed by atoms with Crippen LogP contribution in [-0.4, -0.2) is 25.5 Å². The van der Waals surface area contributed by atoms with Crippen LogP contribution in [0.25, 0.3) is 11.0 Å². The number of carbonyl (C=O) groups is 2. The van der Waals surface area contributed by atoms with Gasteiger partial charge in [-0.05, 0) is 42.5 Å². The molecule has 1 fully saturated rings. The van der Waals surface area contributed by atoms with Crippen LogP contribution in [0.4, 0.5) is 11.4 Å². The van der Waals surface area contributed by atoms with Gasteiger partial charge >= 0.3 is 5.63 Å². The molecule has 2 amide bonds. The van der Waals surface area contributed by atoms with Crippen molar-refractivity contribution < 1.29 is 18.7 Å². The number of hydrogen-bond acceptors (Lipinski definition) is 5. The van der Waals surface area contributed by atoms with E-state index in [1.165, 1.54) is 18.1 Å². The molecule has 148 valence electrons. The van der Waals surface area contributed by atoms with E-state index in [-0.39, 0.29) is 24.8 Å². The highest BCUT2D eigenvalue weighted by Gasteiger charge is 2.36. The van der Waals surface area contributed by atoms with Crippen LogP contribution in [0, 0.1) is 5.92 Å². The topological polar surface area (TPSA) is 88.8 Å². The number of nitrogens with one attached hydrogen (secondary N) is 1. The summed E-state index contributed by atoms with van der Waals surface area (Å²) in [6.07, 6.45) is 0.0873. The summed E-state index contributed by atoms with van der Waals surface area (Å²) in [4.78, 5) is 38.1. The molecule has 4 rings (SSSR count). The Labute approximate surface area is 170 Å². The summed E-state index contributed by atoms with van der Waals surface area (Å²) in [6, 6.07) is 12.9. The lowest BCUT2D eigenvalue weighted by molar-refractivity contribution is -0.122. The second kappa shape index (κ2) is 7.60. The Hall–Kier alpha value is -3.32. The Morgan fingerprint density at radius 1 is 1.17 bits per heavy atom. The van der Waals surface area contributed by atoms with Gasteiger partial charge < -0.3 is 19.4 Å². The molecule has 1 saturated heterocycles. The van der Waals surface area contributed by atoms with Crippen molar-refractivity contribution in [3.8, 4) is 5.75 Å². The van der Waals surface area contributed by atoms with Crippen LogP contribution in [0.15, 0.2) is 57.7 Å². The van der Waals surface area contributed by atoms with Crippen LogP contribution in [0.3, 0.4) is 0 Å². The smallest absolute Gasteiger partial charge is 0.336 e. The Balaban J connectivity index is 1.52. The fourth-order valence-corrected chi connectivity index (χ4v) is 3.55. The number of benzene rings is 2. The number of hydrogen-bond donors (Lipinski definition) is 1. The van der Waals surface area contributed by atoms with Gasteiger partial charge in [0.15, 0.2) is 0 Å².